The molecule has 0 N–H and O–H groups in total. The number of hydrogen-bond acceptors (Lipinski definition) is 1. The molecular weight excluding hydrogens is 184 g/mol. The van der Waals surface area contributed by atoms with E-state index in [0.717, 1.165) is 5.92 Å². The van der Waals surface area contributed by atoms with Crippen molar-refractivity contribution < 1.29 is 4.74 Å². The lowest BCUT2D eigenvalue weighted by molar-refractivity contribution is 0.0370. The van der Waals surface area contributed by atoms with Crippen molar-refractivity contribution in [2.24, 2.45) is 11.8 Å². The molecule has 1 heteroatoms. The summed E-state index contributed by atoms with van der Waals surface area (Å²) in [5.74, 6) is 7.63. The minimum Gasteiger partial charge on any atom is -0.366 e. The van der Waals surface area contributed by atoms with Crippen LogP contribution >= 0.6 is 0 Å². The van der Waals surface area contributed by atoms with Gasteiger partial charge in [0.05, 0.1) is 6.10 Å². The summed E-state index contributed by atoms with van der Waals surface area (Å²) >= 11 is 0. The molecular formula is C14H24O. The first-order valence-electron chi connectivity index (χ1n) is 6.32. The van der Waals surface area contributed by atoms with Gasteiger partial charge < -0.3 is 4.74 Å². The molecule has 0 amide bonds. The molecule has 1 aliphatic carbocycles. The van der Waals surface area contributed by atoms with Crippen molar-refractivity contribution in [3.63, 3.8) is 0 Å². The quantitative estimate of drug-likeness (QED) is 0.643. The molecule has 86 valence electrons. The zero-order valence-electron chi connectivity index (χ0n) is 10.4. The minimum absolute atomic E-state index is 0.462. The molecule has 0 saturated heterocycles. The first-order chi connectivity index (χ1) is 7.22. The van der Waals surface area contributed by atoms with E-state index in [-0.39, 0.29) is 0 Å². The highest BCUT2D eigenvalue weighted by Gasteiger charge is 2.19. The Hall–Kier alpha value is -0.480. The number of rotatable bonds is 3. The van der Waals surface area contributed by atoms with Crippen LogP contribution in [-0.4, -0.2) is 12.7 Å². The maximum atomic E-state index is 5.75. The lowest BCUT2D eigenvalue weighted by atomic mass is 9.86. The Morgan fingerprint density at radius 3 is 2.40 bits per heavy atom. The Morgan fingerprint density at radius 2 is 1.87 bits per heavy atom. The van der Waals surface area contributed by atoms with E-state index >= 15 is 0 Å². The highest BCUT2D eigenvalue weighted by Crippen LogP contribution is 2.27. The summed E-state index contributed by atoms with van der Waals surface area (Å²) in [6.07, 6.45) is 6.98. The van der Waals surface area contributed by atoms with Gasteiger partial charge >= 0.3 is 0 Å². The molecule has 1 aliphatic rings. The Labute approximate surface area is 94.6 Å². The van der Waals surface area contributed by atoms with E-state index in [0.29, 0.717) is 18.6 Å². The first-order valence-corrected chi connectivity index (χ1v) is 6.32. The van der Waals surface area contributed by atoms with Crippen molar-refractivity contribution in [2.75, 3.05) is 6.61 Å². The van der Waals surface area contributed by atoms with Gasteiger partial charge in [-0.05, 0) is 31.6 Å². The van der Waals surface area contributed by atoms with Crippen LogP contribution in [0.25, 0.3) is 0 Å². The average molecular weight is 208 g/mol. The normalized spacial score (nSPS) is 26.1. The molecule has 1 fully saturated rings. The van der Waals surface area contributed by atoms with Crippen LogP contribution in [0.2, 0.25) is 0 Å². The summed E-state index contributed by atoms with van der Waals surface area (Å²) in [5.41, 5.74) is 0. The van der Waals surface area contributed by atoms with E-state index in [2.05, 4.69) is 32.6 Å². The molecule has 0 heterocycles. The summed E-state index contributed by atoms with van der Waals surface area (Å²) in [7, 11) is 0. The zero-order valence-corrected chi connectivity index (χ0v) is 10.4. The largest absolute Gasteiger partial charge is 0.366 e. The summed E-state index contributed by atoms with van der Waals surface area (Å²) in [4.78, 5) is 0. The van der Waals surface area contributed by atoms with E-state index in [1.54, 1.807) is 0 Å². The maximum absolute atomic E-state index is 5.75. The molecule has 0 radical (unpaired) electrons. The third-order valence-electron chi connectivity index (χ3n) is 3.15. The molecule has 0 aromatic heterocycles. The van der Waals surface area contributed by atoms with Crippen LogP contribution in [0, 0.1) is 23.7 Å². The molecule has 0 aromatic rings. The molecule has 1 saturated carbocycles. The first kappa shape index (κ1) is 12.6. The second-order valence-electron chi connectivity index (χ2n) is 4.84. The van der Waals surface area contributed by atoms with E-state index < -0.39 is 0 Å². The van der Waals surface area contributed by atoms with Gasteiger partial charge in [-0.1, -0.05) is 39.0 Å². The molecule has 0 atom stereocenters. The van der Waals surface area contributed by atoms with Gasteiger partial charge in [0.25, 0.3) is 0 Å². The fourth-order valence-corrected chi connectivity index (χ4v) is 2.11. The molecule has 0 aromatic carbocycles. The SMILES string of the molecule is CCC1CCC(OCC#CC(C)C)CC1. The third kappa shape index (κ3) is 5.23. The summed E-state index contributed by atoms with van der Waals surface area (Å²) in [5, 5.41) is 0. The van der Waals surface area contributed by atoms with Crippen LogP contribution in [-0.2, 0) is 4.74 Å². The maximum Gasteiger partial charge on any atom is 0.108 e. The van der Waals surface area contributed by atoms with Crippen LogP contribution in [0.4, 0.5) is 0 Å². The average Bonchev–Trinajstić information content (AvgIpc) is 2.25. The van der Waals surface area contributed by atoms with Crippen LogP contribution in [0.1, 0.15) is 52.9 Å². The lowest BCUT2D eigenvalue weighted by Crippen LogP contribution is -2.21. The minimum atomic E-state index is 0.462. The lowest BCUT2D eigenvalue weighted by Gasteiger charge is -2.27. The Balaban J connectivity index is 2.12. The second kappa shape index (κ2) is 6.90. The van der Waals surface area contributed by atoms with Crippen LogP contribution in [0.5, 0.6) is 0 Å². The molecule has 0 aliphatic heterocycles. The Kier molecular flexibility index (Phi) is 5.79. The van der Waals surface area contributed by atoms with Crippen LogP contribution in [0.3, 0.4) is 0 Å². The van der Waals surface area contributed by atoms with Gasteiger partial charge in [0.1, 0.15) is 6.61 Å². The highest BCUT2D eigenvalue weighted by molar-refractivity contribution is 5.01. The number of hydrogen-bond donors (Lipinski definition) is 0. The van der Waals surface area contributed by atoms with Crippen LogP contribution in [0.15, 0.2) is 0 Å². The highest BCUT2D eigenvalue weighted by atomic mass is 16.5. The molecule has 15 heavy (non-hydrogen) atoms. The summed E-state index contributed by atoms with van der Waals surface area (Å²) in [6, 6.07) is 0. The van der Waals surface area contributed by atoms with Crippen molar-refractivity contribution in [2.45, 2.75) is 59.0 Å². The number of ether oxygens (including phenoxy) is 1. The van der Waals surface area contributed by atoms with Gasteiger partial charge in [-0.2, -0.15) is 0 Å². The Bertz CT molecular complexity index is 213. The standard InChI is InChI=1S/C14H24O/c1-4-13-7-9-14(10-8-13)15-11-5-6-12(2)3/h12-14H,4,7-11H2,1-3H3. The van der Waals surface area contributed by atoms with Crippen molar-refractivity contribution in [1.29, 1.82) is 0 Å². The van der Waals surface area contributed by atoms with Crippen LogP contribution < -0.4 is 0 Å². The van der Waals surface area contributed by atoms with E-state index in [9.17, 15) is 0 Å². The molecule has 1 nitrogen and oxygen atoms in total. The van der Waals surface area contributed by atoms with Gasteiger partial charge in [0, 0.05) is 5.92 Å². The van der Waals surface area contributed by atoms with Gasteiger partial charge in [0.15, 0.2) is 0 Å². The molecule has 0 spiro atoms. The third-order valence-corrected chi connectivity index (χ3v) is 3.15. The summed E-state index contributed by atoms with van der Waals surface area (Å²) in [6.45, 7) is 7.14. The van der Waals surface area contributed by atoms with Gasteiger partial charge in [-0.3, -0.25) is 0 Å². The van der Waals surface area contributed by atoms with Crippen molar-refractivity contribution >= 4 is 0 Å². The molecule has 0 bridgehead atoms. The Morgan fingerprint density at radius 1 is 1.20 bits per heavy atom. The van der Waals surface area contributed by atoms with Gasteiger partial charge in [-0.15, -0.1) is 0 Å². The fourth-order valence-electron chi connectivity index (χ4n) is 2.11. The second-order valence-corrected chi connectivity index (χ2v) is 4.84. The predicted molar refractivity (Wildman–Crippen MR) is 64.6 cm³/mol. The molecule has 0 unspecified atom stereocenters. The van der Waals surface area contributed by atoms with Gasteiger partial charge in [-0.25, -0.2) is 0 Å². The molecule has 1 rings (SSSR count). The van der Waals surface area contributed by atoms with E-state index in [1.165, 1.54) is 32.1 Å². The van der Waals surface area contributed by atoms with Crippen molar-refractivity contribution in [3.05, 3.63) is 0 Å². The fraction of sp³-hybridized carbons (Fsp3) is 0.857. The van der Waals surface area contributed by atoms with Crippen molar-refractivity contribution in [1.82, 2.24) is 0 Å². The van der Waals surface area contributed by atoms with Crippen molar-refractivity contribution in [3.8, 4) is 11.8 Å². The van der Waals surface area contributed by atoms with E-state index in [1.807, 2.05) is 0 Å². The smallest absolute Gasteiger partial charge is 0.108 e. The van der Waals surface area contributed by atoms with Gasteiger partial charge in [0.2, 0.25) is 0 Å². The topological polar surface area (TPSA) is 9.23 Å². The zero-order chi connectivity index (χ0) is 11.1. The monoisotopic (exact) mass is 208 g/mol. The van der Waals surface area contributed by atoms with E-state index in [4.69, 9.17) is 4.74 Å². The summed E-state index contributed by atoms with van der Waals surface area (Å²) < 4.78 is 5.75. The predicted octanol–water partition coefficient (Wildman–Crippen LogP) is 3.63.